The van der Waals surface area contributed by atoms with Gasteiger partial charge in [-0.1, -0.05) is 84.9 Å². The zero-order valence-electron chi connectivity index (χ0n) is 22.6. The van der Waals surface area contributed by atoms with Gasteiger partial charge in [-0.25, -0.2) is 9.97 Å². The van der Waals surface area contributed by atoms with Crippen LogP contribution in [0, 0.1) is 0 Å². The third-order valence-electron chi connectivity index (χ3n) is 9.14. The normalized spacial score (nSPS) is 12.7. The van der Waals surface area contributed by atoms with E-state index in [0.29, 0.717) is 5.95 Å². The Balaban J connectivity index is 1.37. The highest BCUT2D eigenvalue weighted by molar-refractivity contribution is 7.26. The van der Waals surface area contributed by atoms with Gasteiger partial charge in [-0.15, -0.1) is 11.3 Å². The van der Waals surface area contributed by atoms with E-state index in [1.807, 2.05) is 0 Å². The van der Waals surface area contributed by atoms with Crippen LogP contribution in [-0.2, 0) is 0 Å². The minimum atomic E-state index is 0.685. The van der Waals surface area contributed by atoms with Gasteiger partial charge in [0, 0.05) is 42.6 Å². The summed E-state index contributed by atoms with van der Waals surface area (Å²) in [5.74, 6) is 0.685. The highest BCUT2D eigenvalue weighted by Crippen LogP contribution is 2.50. The number of hydrogen-bond donors (Lipinski definition) is 0. The minimum Gasteiger partial charge on any atom is -0.456 e. The van der Waals surface area contributed by atoms with Crippen molar-refractivity contribution in [1.29, 1.82) is 0 Å². The van der Waals surface area contributed by atoms with Crippen LogP contribution in [0.4, 0.5) is 0 Å². The van der Waals surface area contributed by atoms with Crippen LogP contribution in [-0.4, -0.2) is 14.5 Å². The van der Waals surface area contributed by atoms with Crippen LogP contribution in [0.5, 0.6) is 0 Å². The van der Waals surface area contributed by atoms with Crippen LogP contribution in [0.1, 0.15) is 0 Å². The van der Waals surface area contributed by atoms with Crippen molar-refractivity contribution in [3.05, 3.63) is 115 Å². The molecule has 0 N–H and O–H groups in total. The highest BCUT2D eigenvalue weighted by atomic mass is 32.1. The SMILES string of the molecule is c1ccc(-c2nc(-n3c4cccc5c4c4c6c(ccc7oc8cccc-5c8c76)ccc43)nc3c2sc2ccccc23)cc1. The van der Waals surface area contributed by atoms with Gasteiger partial charge in [-0.05, 0) is 46.8 Å². The predicted octanol–water partition coefficient (Wildman–Crippen LogP) is 10.6. The largest absolute Gasteiger partial charge is 0.456 e. The first-order valence-electron chi connectivity index (χ1n) is 14.4. The molecule has 6 aromatic carbocycles. The van der Waals surface area contributed by atoms with Crippen molar-refractivity contribution in [2.75, 3.05) is 0 Å². The fraction of sp³-hybridized carbons (Fsp3) is 0. The van der Waals surface area contributed by atoms with E-state index in [1.165, 1.54) is 48.1 Å². The van der Waals surface area contributed by atoms with Gasteiger partial charge >= 0.3 is 0 Å². The number of rotatable bonds is 2. The van der Waals surface area contributed by atoms with Gasteiger partial charge in [0.15, 0.2) is 0 Å². The molecule has 0 atom stereocenters. The van der Waals surface area contributed by atoms with Gasteiger partial charge in [-0.3, -0.25) is 4.57 Å². The lowest BCUT2D eigenvalue weighted by molar-refractivity contribution is 0.669. The smallest absolute Gasteiger partial charge is 0.235 e. The summed E-state index contributed by atoms with van der Waals surface area (Å²) in [5.41, 5.74) is 9.52. The predicted molar refractivity (Wildman–Crippen MR) is 178 cm³/mol. The first-order valence-corrected chi connectivity index (χ1v) is 15.2. The second-order valence-corrected chi connectivity index (χ2v) is 12.4. The first kappa shape index (κ1) is 22.1. The molecule has 198 valence electrons. The van der Waals surface area contributed by atoms with Crippen molar-refractivity contribution >= 4 is 86.2 Å². The number of furan rings is 1. The second kappa shape index (κ2) is 7.65. The zero-order chi connectivity index (χ0) is 27.8. The van der Waals surface area contributed by atoms with Crippen LogP contribution in [0.3, 0.4) is 0 Å². The minimum absolute atomic E-state index is 0.685. The fourth-order valence-corrected chi connectivity index (χ4v) is 8.56. The van der Waals surface area contributed by atoms with E-state index < -0.39 is 0 Å². The van der Waals surface area contributed by atoms with Crippen molar-refractivity contribution < 1.29 is 4.42 Å². The molecule has 0 saturated carbocycles. The van der Waals surface area contributed by atoms with E-state index in [1.54, 1.807) is 11.3 Å². The molecule has 0 bridgehead atoms. The third-order valence-corrected chi connectivity index (χ3v) is 10.3. The summed E-state index contributed by atoms with van der Waals surface area (Å²) in [6, 6.07) is 40.8. The molecule has 4 heterocycles. The van der Waals surface area contributed by atoms with Crippen molar-refractivity contribution in [3.63, 3.8) is 0 Å². The molecule has 5 heteroatoms. The standard InChI is InChI=1S/C38H19N3OS/c1-2-8-21(9-3-1)35-37-36(24-10-4-5-15-29(24)43-37)40-38(39-35)41-25-13-6-11-22-23-12-7-14-27-32(23)34-28(42-27)19-17-20-16-18-26(41)33(30(20)34)31(22)25/h1-19H. The van der Waals surface area contributed by atoms with E-state index in [4.69, 9.17) is 14.4 Å². The van der Waals surface area contributed by atoms with Crippen molar-refractivity contribution in [1.82, 2.24) is 14.5 Å². The Kier molecular flexibility index (Phi) is 3.94. The summed E-state index contributed by atoms with van der Waals surface area (Å²) in [6.07, 6.45) is 0. The number of benzene rings is 6. The summed E-state index contributed by atoms with van der Waals surface area (Å²) in [4.78, 5) is 10.7. The molecule has 10 aromatic rings. The number of hydrogen-bond acceptors (Lipinski definition) is 4. The zero-order valence-corrected chi connectivity index (χ0v) is 23.4. The number of thiophene rings is 1. The molecule has 0 radical (unpaired) electrons. The van der Waals surface area contributed by atoms with Crippen LogP contribution < -0.4 is 0 Å². The average Bonchev–Trinajstić information content (AvgIpc) is 3.71. The van der Waals surface area contributed by atoms with Gasteiger partial charge < -0.3 is 4.42 Å². The van der Waals surface area contributed by atoms with Crippen LogP contribution in [0.25, 0.3) is 103 Å². The van der Waals surface area contributed by atoms with Gasteiger partial charge in [0.25, 0.3) is 0 Å². The van der Waals surface area contributed by atoms with Crippen molar-refractivity contribution in [3.8, 4) is 28.3 Å². The maximum Gasteiger partial charge on any atom is 0.235 e. The second-order valence-electron chi connectivity index (χ2n) is 11.3. The maximum absolute atomic E-state index is 6.42. The monoisotopic (exact) mass is 565 g/mol. The summed E-state index contributed by atoms with van der Waals surface area (Å²) >= 11 is 1.76. The molecule has 1 aliphatic carbocycles. The van der Waals surface area contributed by atoms with Crippen molar-refractivity contribution in [2.24, 2.45) is 0 Å². The number of aromatic nitrogens is 3. The van der Waals surface area contributed by atoms with E-state index in [2.05, 4.69) is 120 Å². The maximum atomic E-state index is 6.42. The van der Waals surface area contributed by atoms with Gasteiger partial charge in [-0.2, -0.15) is 0 Å². The molecule has 0 spiro atoms. The highest BCUT2D eigenvalue weighted by Gasteiger charge is 2.27. The Hall–Kier alpha value is -5.52. The molecule has 0 aliphatic heterocycles. The van der Waals surface area contributed by atoms with Crippen LogP contribution in [0.15, 0.2) is 120 Å². The Bertz CT molecular complexity index is 2840. The summed E-state index contributed by atoms with van der Waals surface area (Å²) < 4.78 is 11.0. The quantitative estimate of drug-likeness (QED) is 0.209. The Morgan fingerprint density at radius 3 is 2.26 bits per heavy atom. The molecule has 1 aliphatic rings. The molecule has 0 saturated heterocycles. The molecule has 0 amide bonds. The molecule has 4 nitrogen and oxygen atoms in total. The molecule has 0 fully saturated rings. The summed E-state index contributed by atoms with van der Waals surface area (Å²) in [7, 11) is 0. The summed E-state index contributed by atoms with van der Waals surface area (Å²) in [6.45, 7) is 0. The first-order chi connectivity index (χ1) is 21.3. The molecule has 4 aromatic heterocycles. The van der Waals surface area contributed by atoms with Gasteiger partial charge in [0.1, 0.15) is 11.2 Å². The van der Waals surface area contributed by atoms with E-state index in [9.17, 15) is 0 Å². The number of nitrogens with zero attached hydrogens (tertiary/aromatic N) is 3. The average molecular weight is 566 g/mol. The molecular formula is C38H19N3OS. The van der Waals surface area contributed by atoms with E-state index >= 15 is 0 Å². The lowest BCUT2D eigenvalue weighted by atomic mass is 9.98. The topological polar surface area (TPSA) is 43.9 Å². The van der Waals surface area contributed by atoms with Crippen molar-refractivity contribution in [2.45, 2.75) is 0 Å². The van der Waals surface area contributed by atoms with Crippen LogP contribution in [0.2, 0.25) is 0 Å². The molecule has 43 heavy (non-hydrogen) atoms. The lowest BCUT2D eigenvalue weighted by Gasteiger charge is -2.11. The van der Waals surface area contributed by atoms with Gasteiger partial charge in [0.05, 0.1) is 26.9 Å². The molecular weight excluding hydrogens is 547 g/mol. The Morgan fingerprint density at radius 1 is 0.558 bits per heavy atom. The van der Waals surface area contributed by atoms with E-state index in [0.717, 1.165) is 49.1 Å². The summed E-state index contributed by atoms with van der Waals surface area (Å²) in [5, 5.41) is 8.45. The lowest BCUT2D eigenvalue weighted by Crippen LogP contribution is -2.02. The Morgan fingerprint density at radius 2 is 1.33 bits per heavy atom. The molecule has 0 unspecified atom stereocenters. The third kappa shape index (κ3) is 2.67. The fourth-order valence-electron chi connectivity index (χ4n) is 7.41. The number of fused-ring (bicyclic) bond motifs is 4. The van der Waals surface area contributed by atoms with Gasteiger partial charge in [0.2, 0.25) is 5.95 Å². The van der Waals surface area contributed by atoms with E-state index in [-0.39, 0.29) is 0 Å². The Labute approximate surface area is 248 Å². The molecule has 11 rings (SSSR count). The van der Waals surface area contributed by atoms with Crippen LogP contribution >= 0.6 is 11.3 Å².